The smallest absolute Gasteiger partial charge is 0.317 e. The Labute approximate surface area is 126 Å². The lowest BCUT2D eigenvalue weighted by atomic mass is 10.0. The first-order valence-corrected chi connectivity index (χ1v) is 7.33. The third-order valence-corrected chi connectivity index (χ3v) is 3.68. The van der Waals surface area contributed by atoms with Crippen molar-refractivity contribution in [3.8, 4) is 5.75 Å². The molecule has 21 heavy (non-hydrogen) atoms. The van der Waals surface area contributed by atoms with Crippen LogP contribution >= 0.6 is 0 Å². The van der Waals surface area contributed by atoms with Crippen LogP contribution in [0.25, 0.3) is 0 Å². The molecule has 0 heterocycles. The standard InChI is InChI=1S/C16H25FN2O2/c1-5-12(6-2)10-18-16(20)19(3)11-13-7-8-15(21-4)14(17)9-13/h7-9,12H,5-6,10-11H2,1-4H3,(H,18,20). The van der Waals surface area contributed by atoms with E-state index in [1.54, 1.807) is 24.1 Å². The summed E-state index contributed by atoms with van der Waals surface area (Å²) in [6.45, 7) is 5.26. The van der Waals surface area contributed by atoms with Crippen LogP contribution in [0.5, 0.6) is 5.75 Å². The maximum Gasteiger partial charge on any atom is 0.317 e. The maximum absolute atomic E-state index is 13.6. The first-order chi connectivity index (χ1) is 10.0. The number of hydrogen-bond donors (Lipinski definition) is 1. The van der Waals surface area contributed by atoms with Gasteiger partial charge in [0.05, 0.1) is 7.11 Å². The molecule has 0 atom stereocenters. The van der Waals surface area contributed by atoms with Gasteiger partial charge in [0.2, 0.25) is 0 Å². The summed E-state index contributed by atoms with van der Waals surface area (Å²) in [6.07, 6.45) is 2.09. The predicted molar refractivity (Wildman–Crippen MR) is 81.9 cm³/mol. The molecule has 0 bridgehead atoms. The van der Waals surface area contributed by atoms with Crippen molar-refractivity contribution in [1.82, 2.24) is 10.2 Å². The Balaban J connectivity index is 2.54. The van der Waals surface area contributed by atoms with Gasteiger partial charge in [0, 0.05) is 20.1 Å². The summed E-state index contributed by atoms with van der Waals surface area (Å²) in [5, 5.41) is 2.91. The number of methoxy groups -OCH3 is 1. The molecule has 0 aliphatic carbocycles. The van der Waals surface area contributed by atoms with Crippen LogP contribution in [0.15, 0.2) is 18.2 Å². The van der Waals surface area contributed by atoms with E-state index in [0.29, 0.717) is 19.0 Å². The van der Waals surface area contributed by atoms with Crippen LogP contribution in [-0.2, 0) is 6.54 Å². The number of carbonyl (C=O) groups excluding carboxylic acids is 1. The van der Waals surface area contributed by atoms with Crippen LogP contribution < -0.4 is 10.1 Å². The fourth-order valence-electron chi connectivity index (χ4n) is 2.10. The first kappa shape index (κ1) is 17.3. The molecular formula is C16H25FN2O2. The molecule has 0 aromatic heterocycles. The van der Waals surface area contributed by atoms with Gasteiger partial charge < -0.3 is 15.0 Å². The summed E-state index contributed by atoms with van der Waals surface area (Å²) in [5.41, 5.74) is 0.730. The van der Waals surface area contributed by atoms with Gasteiger partial charge in [-0.05, 0) is 23.6 Å². The third kappa shape index (κ3) is 5.25. The second-order valence-electron chi connectivity index (χ2n) is 5.19. The number of halogens is 1. The van der Waals surface area contributed by atoms with E-state index in [1.165, 1.54) is 13.2 Å². The molecule has 0 unspecified atom stereocenters. The van der Waals surface area contributed by atoms with Gasteiger partial charge in [-0.2, -0.15) is 0 Å². The van der Waals surface area contributed by atoms with Crippen molar-refractivity contribution in [2.75, 3.05) is 20.7 Å². The quantitative estimate of drug-likeness (QED) is 0.837. The Bertz CT molecular complexity index is 462. The van der Waals surface area contributed by atoms with Crippen molar-refractivity contribution in [3.63, 3.8) is 0 Å². The van der Waals surface area contributed by atoms with E-state index in [0.717, 1.165) is 18.4 Å². The second-order valence-corrected chi connectivity index (χ2v) is 5.19. The Hall–Kier alpha value is -1.78. The molecule has 0 aliphatic rings. The molecule has 0 fully saturated rings. The number of urea groups is 1. The molecule has 4 nitrogen and oxygen atoms in total. The molecule has 2 amide bonds. The second kappa shape index (κ2) is 8.49. The zero-order valence-electron chi connectivity index (χ0n) is 13.3. The molecule has 118 valence electrons. The van der Waals surface area contributed by atoms with Crippen molar-refractivity contribution in [1.29, 1.82) is 0 Å². The molecule has 5 heteroatoms. The van der Waals surface area contributed by atoms with Crippen molar-refractivity contribution in [2.24, 2.45) is 5.92 Å². The van der Waals surface area contributed by atoms with Gasteiger partial charge in [-0.3, -0.25) is 0 Å². The third-order valence-electron chi connectivity index (χ3n) is 3.68. The Morgan fingerprint density at radius 2 is 2.05 bits per heavy atom. The van der Waals surface area contributed by atoms with Gasteiger partial charge >= 0.3 is 6.03 Å². The minimum absolute atomic E-state index is 0.141. The fourth-order valence-corrected chi connectivity index (χ4v) is 2.10. The van der Waals surface area contributed by atoms with Crippen molar-refractivity contribution in [2.45, 2.75) is 33.2 Å². The molecule has 0 saturated carbocycles. The van der Waals surface area contributed by atoms with Crippen LogP contribution in [0.3, 0.4) is 0 Å². The van der Waals surface area contributed by atoms with E-state index in [2.05, 4.69) is 19.2 Å². The van der Waals surface area contributed by atoms with Crippen LogP contribution in [0, 0.1) is 11.7 Å². The zero-order valence-corrected chi connectivity index (χ0v) is 13.3. The highest BCUT2D eigenvalue weighted by Crippen LogP contribution is 2.18. The molecule has 0 spiro atoms. The highest BCUT2D eigenvalue weighted by Gasteiger charge is 2.12. The summed E-state index contributed by atoms with van der Waals surface area (Å²) in [6, 6.07) is 4.58. The van der Waals surface area contributed by atoms with Gasteiger partial charge in [0.25, 0.3) is 0 Å². The highest BCUT2D eigenvalue weighted by atomic mass is 19.1. The first-order valence-electron chi connectivity index (χ1n) is 7.33. The zero-order chi connectivity index (χ0) is 15.8. The molecule has 1 N–H and O–H groups in total. The van der Waals surface area contributed by atoms with Gasteiger partial charge in [-0.25, -0.2) is 9.18 Å². The van der Waals surface area contributed by atoms with E-state index in [1.807, 2.05) is 0 Å². The topological polar surface area (TPSA) is 41.6 Å². The Morgan fingerprint density at radius 3 is 2.57 bits per heavy atom. The lowest BCUT2D eigenvalue weighted by Gasteiger charge is -2.20. The summed E-state index contributed by atoms with van der Waals surface area (Å²) < 4.78 is 18.5. The Morgan fingerprint density at radius 1 is 1.38 bits per heavy atom. The van der Waals surface area contributed by atoms with Crippen molar-refractivity contribution < 1.29 is 13.9 Å². The molecular weight excluding hydrogens is 271 g/mol. The molecule has 1 aromatic rings. The number of hydrogen-bond acceptors (Lipinski definition) is 2. The predicted octanol–water partition coefficient (Wildman–Crippen LogP) is 3.41. The van der Waals surface area contributed by atoms with E-state index in [-0.39, 0.29) is 11.8 Å². The molecule has 0 radical (unpaired) electrons. The molecule has 1 aromatic carbocycles. The van der Waals surface area contributed by atoms with Crippen LogP contribution in [0.2, 0.25) is 0 Å². The van der Waals surface area contributed by atoms with E-state index in [4.69, 9.17) is 4.74 Å². The number of benzene rings is 1. The lowest BCUT2D eigenvalue weighted by molar-refractivity contribution is 0.204. The Kier molecular flexibility index (Phi) is 6.99. The van der Waals surface area contributed by atoms with Gasteiger partial charge in [-0.15, -0.1) is 0 Å². The van der Waals surface area contributed by atoms with Gasteiger partial charge in [-0.1, -0.05) is 32.8 Å². The van der Waals surface area contributed by atoms with Crippen molar-refractivity contribution in [3.05, 3.63) is 29.6 Å². The molecule has 0 aliphatic heterocycles. The lowest BCUT2D eigenvalue weighted by Crippen LogP contribution is -2.39. The average Bonchev–Trinajstić information content (AvgIpc) is 2.48. The number of carbonyl (C=O) groups is 1. The summed E-state index contributed by atoms with van der Waals surface area (Å²) in [5.74, 6) is 0.293. The molecule has 0 saturated heterocycles. The van der Waals surface area contributed by atoms with E-state index in [9.17, 15) is 9.18 Å². The van der Waals surface area contributed by atoms with Crippen LogP contribution in [0.4, 0.5) is 9.18 Å². The van der Waals surface area contributed by atoms with Crippen LogP contribution in [-0.4, -0.2) is 31.6 Å². The summed E-state index contributed by atoms with van der Waals surface area (Å²) >= 11 is 0. The van der Waals surface area contributed by atoms with Gasteiger partial charge in [0.1, 0.15) is 0 Å². The fraction of sp³-hybridized carbons (Fsp3) is 0.562. The SMILES string of the molecule is CCC(CC)CNC(=O)N(C)Cc1ccc(OC)c(F)c1. The minimum atomic E-state index is -0.416. The normalized spacial score (nSPS) is 10.6. The van der Waals surface area contributed by atoms with E-state index >= 15 is 0 Å². The minimum Gasteiger partial charge on any atom is -0.494 e. The molecule has 1 rings (SSSR count). The van der Waals surface area contributed by atoms with Crippen LogP contribution in [0.1, 0.15) is 32.3 Å². The largest absolute Gasteiger partial charge is 0.494 e. The van der Waals surface area contributed by atoms with Gasteiger partial charge in [0.15, 0.2) is 11.6 Å². The monoisotopic (exact) mass is 296 g/mol. The highest BCUT2D eigenvalue weighted by molar-refractivity contribution is 5.73. The maximum atomic E-state index is 13.6. The average molecular weight is 296 g/mol. The van der Waals surface area contributed by atoms with E-state index < -0.39 is 5.82 Å². The number of rotatable bonds is 7. The number of nitrogens with one attached hydrogen (secondary N) is 1. The number of nitrogens with zero attached hydrogens (tertiary/aromatic N) is 1. The van der Waals surface area contributed by atoms with Crippen molar-refractivity contribution >= 4 is 6.03 Å². The summed E-state index contributed by atoms with van der Waals surface area (Å²) in [7, 11) is 3.12. The number of amides is 2. The number of ether oxygens (including phenoxy) is 1. The summed E-state index contributed by atoms with van der Waals surface area (Å²) in [4.78, 5) is 13.5.